The summed E-state index contributed by atoms with van der Waals surface area (Å²) >= 11 is 0. The normalized spacial score (nSPS) is 21.2. The minimum absolute atomic E-state index is 0.0249. The van der Waals surface area contributed by atoms with Crippen molar-refractivity contribution < 1.29 is 14.3 Å². The summed E-state index contributed by atoms with van der Waals surface area (Å²) in [7, 11) is 0. The van der Waals surface area contributed by atoms with Crippen LogP contribution in [0.3, 0.4) is 0 Å². The molecule has 0 bridgehead atoms. The molecule has 2 aliphatic heterocycles. The number of carbonyl (C=O) groups excluding carboxylic acids is 2. The molecule has 1 atom stereocenters. The van der Waals surface area contributed by atoms with Gasteiger partial charge >= 0.3 is 0 Å². The summed E-state index contributed by atoms with van der Waals surface area (Å²) in [5, 5.41) is 17.0. The molecule has 4 rings (SSSR count). The average molecular weight is 453 g/mol. The molecule has 2 amide bonds. The first-order valence-corrected chi connectivity index (χ1v) is 11.1. The number of hydrogen-bond donors (Lipinski definition) is 1. The number of nitriles is 1. The van der Waals surface area contributed by atoms with E-state index in [0.29, 0.717) is 63.1 Å². The molecule has 11 heteroatoms. The van der Waals surface area contributed by atoms with Crippen molar-refractivity contribution in [2.24, 2.45) is 5.41 Å². The third-order valence-electron chi connectivity index (χ3n) is 6.38. The maximum absolute atomic E-state index is 13.0. The van der Waals surface area contributed by atoms with E-state index in [2.05, 4.69) is 26.5 Å². The molecular weight excluding hydrogens is 424 g/mol. The van der Waals surface area contributed by atoms with Gasteiger partial charge in [0.15, 0.2) is 0 Å². The summed E-state index contributed by atoms with van der Waals surface area (Å²) < 4.78 is 6.95. The Hall–Kier alpha value is -3.52. The van der Waals surface area contributed by atoms with Crippen LogP contribution in [0, 0.1) is 16.7 Å². The number of amides is 2. The van der Waals surface area contributed by atoms with E-state index in [9.17, 15) is 14.9 Å². The van der Waals surface area contributed by atoms with Crippen molar-refractivity contribution in [1.82, 2.24) is 24.6 Å². The Morgan fingerprint density at radius 2 is 2.09 bits per heavy atom. The van der Waals surface area contributed by atoms with E-state index in [1.165, 1.54) is 4.90 Å². The van der Waals surface area contributed by atoms with Crippen molar-refractivity contribution in [2.45, 2.75) is 39.2 Å². The Balaban J connectivity index is 1.48. The van der Waals surface area contributed by atoms with Crippen LogP contribution in [0.4, 0.5) is 17.5 Å². The number of hydrogen-bond acceptors (Lipinski definition) is 8. The molecule has 33 heavy (non-hydrogen) atoms. The van der Waals surface area contributed by atoms with E-state index in [4.69, 9.17) is 4.74 Å². The van der Waals surface area contributed by atoms with E-state index in [1.807, 2.05) is 20.8 Å². The highest BCUT2D eigenvalue weighted by atomic mass is 16.5. The second-order valence-corrected chi connectivity index (χ2v) is 8.75. The fourth-order valence-corrected chi connectivity index (χ4v) is 4.13. The number of aromatic nitrogens is 4. The van der Waals surface area contributed by atoms with Crippen LogP contribution < -0.4 is 10.2 Å². The highest BCUT2D eigenvalue weighted by molar-refractivity contribution is 6.01. The summed E-state index contributed by atoms with van der Waals surface area (Å²) in [5.74, 6) is 0.484. The zero-order valence-electron chi connectivity index (χ0n) is 19.1. The molecule has 2 fully saturated rings. The van der Waals surface area contributed by atoms with Crippen LogP contribution in [0.2, 0.25) is 0 Å². The quantitative estimate of drug-likeness (QED) is 0.701. The molecule has 0 spiro atoms. The van der Waals surface area contributed by atoms with Gasteiger partial charge < -0.3 is 15.0 Å². The third-order valence-corrected chi connectivity index (χ3v) is 6.38. The first kappa shape index (κ1) is 22.7. The van der Waals surface area contributed by atoms with Gasteiger partial charge in [0.05, 0.1) is 31.2 Å². The molecule has 2 aromatic rings. The van der Waals surface area contributed by atoms with Gasteiger partial charge in [0.2, 0.25) is 17.8 Å². The molecule has 11 nitrogen and oxygen atoms in total. The van der Waals surface area contributed by atoms with Gasteiger partial charge in [-0.05, 0) is 32.8 Å². The molecule has 174 valence electrons. The Kier molecular flexibility index (Phi) is 6.03. The van der Waals surface area contributed by atoms with Crippen LogP contribution in [0.5, 0.6) is 0 Å². The van der Waals surface area contributed by atoms with Crippen molar-refractivity contribution in [2.75, 3.05) is 43.1 Å². The average Bonchev–Trinajstić information content (AvgIpc) is 3.44. The molecule has 1 N–H and O–H groups in total. The predicted molar refractivity (Wildman–Crippen MR) is 120 cm³/mol. The summed E-state index contributed by atoms with van der Waals surface area (Å²) in [6.45, 7) is 8.14. The second-order valence-electron chi connectivity index (χ2n) is 8.75. The van der Waals surface area contributed by atoms with E-state index < -0.39 is 11.0 Å². The van der Waals surface area contributed by atoms with Crippen molar-refractivity contribution >= 4 is 29.3 Å². The Morgan fingerprint density at radius 3 is 2.76 bits per heavy atom. The maximum atomic E-state index is 13.0. The van der Waals surface area contributed by atoms with Gasteiger partial charge in [-0.1, -0.05) is 6.92 Å². The van der Waals surface area contributed by atoms with Gasteiger partial charge in [-0.15, -0.1) is 0 Å². The van der Waals surface area contributed by atoms with E-state index in [1.54, 1.807) is 34.2 Å². The van der Waals surface area contributed by atoms with Gasteiger partial charge in [0.25, 0.3) is 0 Å². The smallest absolute Gasteiger partial charge is 0.250 e. The summed E-state index contributed by atoms with van der Waals surface area (Å²) in [4.78, 5) is 37.9. The molecule has 0 radical (unpaired) electrons. The fraction of sp³-hybridized carbons (Fsp3) is 0.545. The van der Waals surface area contributed by atoms with Gasteiger partial charge in [-0.3, -0.25) is 19.2 Å². The lowest BCUT2D eigenvalue weighted by Crippen LogP contribution is -2.51. The van der Waals surface area contributed by atoms with Crippen molar-refractivity contribution in [3.63, 3.8) is 0 Å². The van der Waals surface area contributed by atoms with Crippen LogP contribution >= 0.6 is 0 Å². The minimum atomic E-state index is -0.988. The van der Waals surface area contributed by atoms with Gasteiger partial charge in [0, 0.05) is 32.0 Å². The summed E-state index contributed by atoms with van der Waals surface area (Å²) in [5.41, 5.74) is -1.25. The minimum Gasteiger partial charge on any atom is -0.378 e. The van der Waals surface area contributed by atoms with E-state index >= 15 is 0 Å². The van der Waals surface area contributed by atoms with E-state index in [0.717, 1.165) is 0 Å². The fourth-order valence-electron chi connectivity index (χ4n) is 4.13. The number of carbonyl (C=O) groups is 2. The maximum Gasteiger partial charge on any atom is 0.250 e. The van der Waals surface area contributed by atoms with Crippen LogP contribution in [-0.2, 0) is 19.9 Å². The lowest BCUT2D eigenvalue weighted by atomic mass is 9.85. The molecular formula is C22H28N8O3. The SMILES string of the molecule is CC[C@]1(C#N)CCN(c2ccnc(Nc3cnn(C(C)(C)C(=O)N4CCOCC4)c3)n2)C1=O. The third kappa shape index (κ3) is 4.14. The molecule has 4 heterocycles. The number of nitrogens with one attached hydrogen (secondary N) is 1. The number of rotatable bonds is 6. The molecule has 2 aliphatic rings. The molecule has 0 saturated carbocycles. The molecule has 2 aromatic heterocycles. The first-order chi connectivity index (χ1) is 15.8. The monoisotopic (exact) mass is 452 g/mol. The number of anilines is 3. The van der Waals surface area contributed by atoms with Crippen LogP contribution in [0.15, 0.2) is 24.7 Å². The molecule has 2 saturated heterocycles. The molecule has 0 aromatic carbocycles. The number of ether oxygens (including phenoxy) is 1. The van der Waals surface area contributed by atoms with Crippen molar-refractivity contribution in [3.8, 4) is 6.07 Å². The van der Waals surface area contributed by atoms with Crippen LogP contribution in [-0.4, -0.2) is 69.3 Å². The molecule has 0 unspecified atom stereocenters. The second kappa shape index (κ2) is 8.78. The first-order valence-electron chi connectivity index (χ1n) is 11.1. The zero-order valence-corrected chi connectivity index (χ0v) is 19.1. The lowest BCUT2D eigenvalue weighted by Gasteiger charge is -2.34. The van der Waals surface area contributed by atoms with Crippen LogP contribution in [0.25, 0.3) is 0 Å². The highest BCUT2D eigenvalue weighted by Gasteiger charge is 2.46. The predicted octanol–water partition coefficient (Wildman–Crippen LogP) is 1.67. The standard InChI is InChI=1S/C22H28N8O3/c1-4-22(15-23)6-8-29(19(22)32)17-5-7-24-20(27-17)26-16-13-25-30(14-16)21(2,3)18(31)28-9-11-33-12-10-28/h5,7,13-14H,4,6,8-12H2,1-3H3,(H,24,26,27)/t22-/m1/s1. The number of morpholine rings is 1. The Bertz CT molecular complexity index is 1090. The van der Waals surface area contributed by atoms with E-state index in [-0.39, 0.29) is 11.8 Å². The Labute approximate surface area is 192 Å². The van der Waals surface area contributed by atoms with Gasteiger partial charge in [-0.2, -0.15) is 15.3 Å². The lowest BCUT2D eigenvalue weighted by molar-refractivity contribution is -0.143. The van der Waals surface area contributed by atoms with Gasteiger partial charge in [-0.25, -0.2) is 4.98 Å². The zero-order chi connectivity index (χ0) is 23.6. The van der Waals surface area contributed by atoms with Crippen LogP contribution in [0.1, 0.15) is 33.6 Å². The molecule has 0 aliphatic carbocycles. The summed E-state index contributed by atoms with van der Waals surface area (Å²) in [6, 6.07) is 3.83. The van der Waals surface area contributed by atoms with Crippen molar-refractivity contribution in [1.29, 1.82) is 5.26 Å². The van der Waals surface area contributed by atoms with Gasteiger partial charge in [0.1, 0.15) is 16.8 Å². The highest BCUT2D eigenvalue weighted by Crippen LogP contribution is 2.36. The summed E-state index contributed by atoms with van der Waals surface area (Å²) in [6.07, 6.45) is 5.83. The number of nitrogens with zero attached hydrogens (tertiary/aromatic N) is 7. The Morgan fingerprint density at radius 1 is 1.33 bits per heavy atom. The topological polar surface area (TPSA) is 129 Å². The largest absolute Gasteiger partial charge is 0.378 e. The van der Waals surface area contributed by atoms with Crippen molar-refractivity contribution in [3.05, 3.63) is 24.7 Å².